The first-order valence-electron chi connectivity index (χ1n) is 7.28. The molecule has 2 aromatic rings. The van der Waals surface area contributed by atoms with Gasteiger partial charge in [0.05, 0.1) is 11.1 Å². The van der Waals surface area contributed by atoms with E-state index < -0.39 is 26.7 Å². The summed E-state index contributed by atoms with van der Waals surface area (Å²) in [7, 11) is -2.23. The number of aryl methyl sites for hydroxylation is 1. The molecule has 0 aliphatic carbocycles. The molecule has 2 N–H and O–H groups in total. The van der Waals surface area contributed by atoms with E-state index in [0.717, 1.165) is 5.56 Å². The molecule has 0 radical (unpaired) electrons. The van der Waals surface area contributed by atoms with E-state index in [1.807, 2.05) is 0 Å². The molecule has 128 valence electrons. The summed E-state index contributed by atoms with van der Waals surface area (Å²) in [5, 5.41) is 15.2. The quantitative estimate of drug-likeness (QED) is 0.629. The first-order chi connectivity index (χ1) is 11.3. The minimum Gasteiger partial charge on any atom is -0.326 e. The fraction of sp³-hybridized carbons (Fsp3) is 0.357. The van der Waals surface area contributed by atoms with E-state index in [9.17, 15) is 18.5 Å². The fourth-order valence-electron chi connectivity index (χ4n) is 2.94. The maximum absolute atomic E-state index is 12.8. The van der Waals surface area contributed by atoms with E-state index in [1.165, 1.54) is 28.6 Å². The molecule has 1 aromatic heterocycles. The highest BCUT2D eigenvalue weighted by Crippen LogP contribution is 2.33. The number of hydrogen-bond donors (Lipinski definition) is 1. The molecule has 9 nitrogen and oxygen atoms in total. The lowest BCUT2D eigenvalue weighted by molar-refractivity contribution is -0.387. The van der Waals surface area contributed by atoms with Crippen LogP contribution in [0.25, 0.3) is 0 Å². The Morgan fingerprint density at radius 3 is 2.67 bits per heavy atom. The Bertz CT molecular complexity index is 879. The van der Waals surface area contributed by atoms with Crippen molar-refractivity contribution >= 4 is 15.7 Å². The zero-order chi connectivity index (χ0) is 17.5. The molecule has 3 rings (SSSR count). The van der Waals surface area contributed by atoms with Crippen molar-refractivity contribution in [2.24, 2.45) is 12.8 Å². The third kappa shape index (κ3) is 2.79. The van der Waals surface area contributed by atoms with Crippen molar-refractivity contribution in [2.45, 2.75) is 16.9 Å². The highest BCUT2D eigenvalue weighted by Gasteiger charge is 2.41. The van der Waals surface area contributed by atoms with Crippen molar-refractivity contribution in [1.29, 1.82) is 0 Å². The number of rotatable bonds is 4. The van der Waals surface area contributed by atoms with Gasteiger partial charge in [-0.1, -0.05) is 12.1 Å². The first kappa shape index (κ1) is 16.6. The smallest absolute Gasteiger partial charge is 0.289 e. The van der Waals surface area contributed by atoms with Crippen LogP contribution in [0.4, 0.5) is 5.69 Å². The van der Waals surface area contributed by atoms with Crippen molar-refractivity contribution in [1.82, 2.24) is 14.1 Å². The molecule has 2 atom stereocenters. The number of para-hydroxylation sites is 1. The number of nitro groups is 1. The number of nitrogens with two attached hydrogens (primary N) is 1. The van der Waals surface area contributed by atoms with Crippen molar-refractivity contribution in [3.05, 3.63) is 52.3 Å². The Labute approximate surface area is 138 Å². The number of sulfonamides is 1. The standard InChI is InChI=1S/C14H17N5O4S/c1-17-7-10(6-16-17)11-8-18(9-12(11)15)24(22,23)14-5-3-2-4-13(14)19(20)21/h2-7,11-12H,8-9,15H2,1H3/t11-,12+/m0/s1. The Hall–Kier alpha value is -2.30. The van der Waals surface area contributed by atoms with Crippen LogP contribution < -0.4 is 5.73 Å². The van der Waals surface area contributed by atoms with Crippen LogP contribution in [0.5, 0.6) is 0 Å². The molecule has 1 aliphatic rings. The van der Waals surface area contributed by atoms with Gasteiger partial charge < -0.3 is 5.73 Å². The molecule has 24 heavy (non-hydrogen) atoms. The topological polar surface area (TPSA) is 124 Å². The zero-order valence-electron chi connectivity index (χ0n) is 12.9. The maximum Gasteiger partial charge on any atom is 0.289 e. The summed E-state index contributed by atoms with van der Waals surface area (Å²) >= 11 is 0. The fourth-order valence-corrected chi connectivity index (χ4v) is 4.60. The number of nitro benzene ring substituents is 1. The van der Waals surface area contributed by atoms with Crippen LogP contribution in [-0.2, 0) is 17.1 Å². The van der Waals surface area contributed by atoms with Gasteiger partial charge in [-0.05, 0) is 11.6 Å². The van der Waals surface area contributed by atoms with Crippen LogP contribution in [-0.4, -0.2) is 46.6 Å². The third-order valence-electron chi connectivity index (χ3n) is 4.16. The van der Waals surface area contributed by atoms with Crippen LogP contribution in [0, 0.1) is 10.1 Å². The molecule has 1 aliphatic heterocycles. The van der Waals surface area contributed by atoms with Crippen LogP contribution >= 0.6 is 0 Å². The summed E-state index contributed by atoms with van der Waals surface area (Å²) in [6.45, 7) is 0.273. The summed E-state index contributed by atoms with van der Waals surface area (Å²) in [6, 6.07) is 4.93. The van der Waals surface area contributed by atoms with E-state index in [2.05, 4.69) is 5.10 Å². The van der Waals surface area contributed by atoms with Gasteiger partial charge in [0, 0.05) is 44.4 Å². The summed E-state index contributed by atoms with van der Waals surface area (Å²) in [6.07, 6.45) is 3.46. The summed E-state index contributed by atoms with van der Waals surface area (Å²) < 4.78 is 28.5. The summed E-state index contributed by atoms with van der Waals surface area (Å²) in [5.41, 5.74) is 6.52. The molecule has 2 heterocycles. The van der Waals surface area contributed by atoms with Gasteiger partial charge in [0.25, 0.3) is 5.69 Å². The van der Waals surface area contributed by atoms with Crippen molar-refractivity contribution < 1.29 is 13.3 Å². The van der Waals surface area contributed by atoms with E-state index in [-0.39, 0.29) is 23.9 Å². The van der Waals surface area contributed by atoms with Gasteiger partial charge in [-0.2, -0.15) is 9.40 Å². The Balaban J connectivity index is 1.93. The Morgan fingerprint density at radius 2 is 2.04 bits per heavy atom. The summed E-state index contributed by atoms with van der Waals surface area (Å²) in [5.74, 6) is -0.198. The monoisotopic (exact) mass is 351 g/mol. The zero-order valence-corrected chi connectivity index (χ0v) is 13.8. The third-order valence-corrected chi connectivity index (χ3v) is 6.04. The van der Waals surface area contributed by atoms with Crippen LogP contribution in [0.3, 0.4) is 0 Å². The highest BCUT2D eigenvalue weighted by molar-refractivity contribution is 7.89. The number of benzene rings is 1. The predicted molar refractivity (Wildman–Crippen MR) is 85.8 cm³/mol. The lowest BCUT2D eigenvalue weighted by Crippen LogP contribution is -2.32. The molecule has 0 amide bonds. The Morgan fingerprint density at radius 1 is 1.33 bits per heavy atom. The van der Waals surface area contributed by atoms with E-state index >= 15 is 0 Å². The highest BCUT2D eigenvalue weighted by atomic mass is 32.2. The van der Waals surface area contributed by atoms with Crippen LogP contribution in [0.2, 0.25) is 0 Å². The largest absolute Gasteiger partial charge is 0.326 e. The molecule has 0 saturated carbocycles. The Kier molecular flexibility index (Phi) is 4.11. The second-order valence-electron chi connectivity index (χ2n) is 5.76. The first-order valence-corrected chi connectivity index (χ1v) is 8.72. The molecule has 0 unspecified atom stereocenters. The van der Waals surface area contributed by atoms with Gasteiger partial charge in [-0.15, -0.1) is 0 Å². The van der Waals surface area contributed by atoms with Gasteiger partial charge in [-0.3, -0.25) is 14.8 Å². The van der Waals surface area contributed by atoms with Crippen LogP contribution in [0.1, 0.15) is 11.5 Å². The van der Waals surface area contributed by atoms with Gasteiger partial charge >= 0.3 is 0 Å². The lowest BCUT2D eigenvalue weighted by Gasteiger charge is -2.16. The van der Waals surface area contributed by atoms with Gasteiger partial charge in [0.1, 0.15) is 0 Å². The second kappa shape index (κ2) is 5.96. The van der Waals surface area contributed by atoms with E-state index in [4.69, 9.17) is 5.73 Å². The molecule has 10 heteroatoms. The molecule has 0 bridgehead atoms. The molecule has 1 saturated heterocycles. The van der Waals surface area contributed by atoms with E-state index in [0.29, 0.717) is 0 Å². The molecule has 0 spiro atoms. The van der Waals surface area contributed by atoms with E-state index in [1.54, 1.807) is 24.1 Å². The number of hydrogen-bond acceptors (Lipinski definition) is 6. The number of aromatic nitrogens is 2. The molecule has 1 aromatic carbocycles. The minimum absolute atomic E-state index is 0.105. The SMILES string of the molecule is Cn1cc([C@@H]2CN(S(=O)(=O)c3ccccc3[N+](=O)[O-])C[C@H]2N)cn1. The molecular formula is C14H17N5O4S. The molecular weight excluding hydrogens is 334 g/mol. The number of nitrogens with zero attached hydrogens (tertiary/aromatic N) is 4. The summed E-state index contributed by atoms with van der Waals surface area (Å²) in [4.78, 5) is 10.1. The van der Waals surface area contributed by atoms with Gasteiger partial charge in [-0.25, -0.2) is 8.42 Å². The normalized spacial score (nSPS) is 21.9. The average Bonchev–Trinajstić information content (AvgIpc) is 3.13. The average molecular weight is 351 g/mol. The van der Waals surface area contributed by atoms with Crippen LogP contribution in [0.15, 0.2) is 41.6 Å². The lowest BCUT2D eigenvalue weighted by atomic mass is 9.98. The van der Waals surface area contributed by atoms with Gasteiger partial charge in [0.2, 0.25) is 10.0 Å². The van der Waals surface area contributed by atoms with Crippen molar-refractivity contribution in [3.8, 4) is 0 Å². The predicted octanol–water partition coefficient (Wildman–Crippen LogP) is 0.444. The van der Waals surface area contributed by atoms with Crippen molar-refractivity contribution in [2.75, 3.05) is 13.1 Å². The van der Waals surface area contributed by atoms with Gasteiger partial charge in [0.15, 0.2) is 4.90 Å². The van der Waals surface area contributed by atoms with Crippen molar-refractivity contribution in [3.63, 3.8) is 0 Å². The minimum atomic E-state index is -4.00. The molecule has 1 fully saturated rings. The maximum atomic E-state index is 12.8. The second-order valence-corrected chi connectivity index (χ2v) is 7.67.